The van der Waals surface area contributed by atoms with Gasteiger partial charge in [0.1, 0.15) is 5.82 Å². The summed E-state index contributed by atoms with van der Waals surface area (Å²) < 4.78 is 0. The molecule has 1 aromatic heterocycles. The minimum atomic E-state index is -0.392. The van der Waals surface area contributed by atoms with Crippen molar-refractivity contribution in [3.63, 3.8) is 0 Å². The highest BCUT2D eigenvalue weighted by Gasteiger charge is 2.26. The lowest BCUT2D eigenvalue weighted by Crippen LogP contribution is -2.20. The number of halogens is 1. The van der Waals surface area contributed by atoms with E-state index in [0.717, 1.165) is 28.1 Å². The van der Waals surface area contributed by atoms with E-state index in [2.05, 4.69) is 9.97 Å². The SMILES string of the molecule is CC1(Cl)C=CC(N)=C(c2nc3ccccc3[nH]2)C1. The van der Waals surface area contributed by atoms with Crippen LogP contribution in [-0.4, -0.2) is 14.8 Å². The van der Waals surface area contributed by atoms with Gasteiger partial charge in [-0.1, -0.05) is 18.2 Å². The van der Waals surface area contributed by atoms with Gasteiger partial charge in [-0.05, 0) is 25.1 Å². The zero-order valence-corrected chi connectivity index (χ0v) is 10.8. The second-order valence-corrected chi connectivity index (χ2v) is 5.69. The van der Waals surface area contributed by atoms with Crippen LogP contribution in [-0.2, 0) is 0 Å². The molecule has 1 unspecified atom stereocenters. The topological polar surface area (TPSA) is 54.7 Å². The Bertz CT molecular complexity index is 631. The summed E-state index contributed by atoms with van der Waals surface area (Å²) >= 11 is 6.36. The lowest BCUT2D eigenvalue weighted by molar-refractivity contribution is 0.783. The van der Waals surface area contributed by atoms with E-state index in [0.29, 0.717) is 6.42 Å². The number of rotatable bonds is 1. The molecular weight excluding hydrogens is 246 g/mol. The fourth-order valence-corrected chi connectivity index (χ4v) is 2.38. The van der Waals surface area contributed by atoms with Crippen LogP contribution in [0.2, 0.25) is 0 Å². The molecule has 2 aromatic rings. The second kappa shape index (κ2) is 3.89. The van der Waals surface area contributed by atoms with Gasteiger partial charge in [0.2, 0.25) is 0 Å². The van der Waals surface area contributed by atoms with Crippen LogP contribution in [0, 0.1) is 0 Å². The average molecular weight is 260 g/mol. The van der Waals surface area contributed by atoms with Crippen LogP contribution in [0.3, 0.4) is 0 Å². The van der Waals surface area contributed by atoms with Gasteiger partial charge in [0.05, 0.1) is 15.9 Å². The van der Waals surface area contributed by atoms with E-state index < -0.39 is 4.87 Å². The molecule has 3 nitrogen and oxygen atoms in total. The Morgan fingerprint density at radius 3 is 2.94 bits per heavy atom. The highest BCUT2D eigenvalue weighted by atomic mass is 35.5. The van der Waals surface area contributed by atoms with E-state index in [1.165, 1.54) is 0 Å². The summed E-state index contributed by atoms with van der Waals surface area (Å²) in [6.45, 7) is 1.97. The number of benzene rings is 1. The molecule has 4 heteroatoms. The number of alkyl halides is 1. The van der Waals surface area contributed by atoms with Crippen molar-refractivity contribution in [2.75, 3.05) is 0 Å². The lowest BCUT2D eigenvalue weighted by Gasteiger charge is -2.23. The third-order valence-electron chi connectivity index (χ3n) is 3.16. The first-order valence-electron chi connectivity index (χ1n) is 5.87. The summed E-state index contributed by atoms with van der Waals surface area (Å²) in [7, 11) is 0. The van der Waals surface area contributed by atoms with Crippen LogP contribution >= 0.6 is 11.6 Å². The van der Waals surface area contributed by atoms with Crippen LogP contribution in [0.4, 0.5) is 0 Å². The van der Waals surface area contributed by atoms with Gasteiger partial charge in [0.15, 0.2) is 0 Å². The smallest absolute Gasteiger partial charge is 0.136 e. The number of aromatic amines is 1. The van der Waals surface area contributed by atoms with Gasteiger partial charge >= 0.3 is 0 Å². The summed E-state index contributed by atoms with van der Waals surface area (Å²) in [5.74, 6) is 0.810. The molecule has 1 aliphatic carbocycles. The first-order chi connectivity index (χ1) is 8.55. The molecule has 1 aliphatic rings. The van der Waals surface area contributed by atoms with Crippen molar-refractivity contribution in [1.29, 1.82) is 0 Å². The third kappa shape index (κ3) is 1.91. The van der Waals surface area contributed by atoms with E-state index in [1.807, 2.05) is 43.3 Å². The van der Waals surface area contributed by atoms with Gasteiger partial charge in [-0.2, -0.15) is 0 Å². The lowest BCUT2D eigenvalue weighted by atomic mass is 9.93. The maximum Gasteiger partial charge on any atom is 0.136 e. The Labute approximate surface area is 110 Å². The van der Waals surface area contributed by atoms with Gasteiger partial charge in [0.25, 0.3) is 0 Å². The number of para-hydroxylation sites is 2. The molecule has 0 spiro atoms. The molecule has 0 saturated carbocycles. The minimum Gasteiger partial charge on any atom is -0.398 e. The maximum absolute atomic E-state index is 6.36. The molecule has 1 atom stereocenters. The number of H-pyrrole nitrogens is 1. The third-order valence-corrected chi connectivity index (χ3v) is 3.42. The van der Waals surface area contributed by atoms with E-state index in [9.17, 15) is 0 Å². The highest BCUT2D eigenvalue weighted by Crippen LogP contribution is 2.35. The molecule has 0 amide bonds. The Morgan fingerprint density at radius 1 is 1.39 bits per heavy atom. The predicted molar refractivity (Wildman–Crippen MR) is 75.2 cm³/mol. The van der Waals surface area contributed by atoms with Crippen LogP contribution in [0.5, 0.6) is 0 Å². The zero-order valence-electron chi connectivity index (χ0n) is 10.1. The number of allylic oxidation sites excluding steroid dienone is 3. The molecule has 0 radical (unpaired) electrons. The van der Waals surface area contributed by atoms with E-state index >= 15 is 0 Å². The molecule has 3 rings (SSSR count). The molecule has 0 saturated heterocycles. The van der Waals surface area contributed by atoms with Crippen molar-refractivity contribution in [3.05, 3.63) is 47.9 Å². The maximum atomic E-state index is 6.36. The van der Waals surface area contributed by atoms with Crippen molar-refractivity contribution in [1.82, 2.24) is 9.97 Å². The molecule has 0 fully saturated rings. The summed E-state index contributed by atoms with van der Waals surface area (Å²) in [6, 6.07) is 7.93. The number of nitrogens with two attached hydrogens (primary N) is 1. The number of hydrogen-bond donors (Lipinski definition) is 2. The Hall–Kier alpha value is -1.74. The molecular formula is C14H14ClN3. The fourth-order valence-electron chi connectivity index (χ4n) is 2.19. The quantitative estimate of drug-likeness (QED) is 0.773. The predicted octanol–water partition coefficient (Wildman–Crippen LogP) is 3.19. The number of nitrogens with zero attached hydrogens (tertiary/aromatic N) is 1. The average Bonchev–Trinajstić information content (AvgIpc) is 2.76. The number of imidazole rings is 1. The standard InChI is InChI=1S/C14H14ClN3/c1-14(15)7-6-10(16)9(8-14)13-17-11-4-2-3-5-12(11)18-13/h2-7H,8,16H2,1H3,(H,17,18). The molecule has 3 N–H and O–H groups in total. The van der Waals surface area contributed by atoms with Crippen molar-refractivity contribution < 1.29 is 0 Å². The van der Waals surface area contributed by atoms with Gasteiger partial charge in [-0.3, -0.25) is 0 Å². The van der Waals surface area contributed by atoms with Crippen molar-refractivity contribution in [2.24, 2.45) is 5.73 Å². The normalized spacial score (nSPS) is 23.9. The Kier molecular flexibility index (Phi) is 2.45. The molecule has 92 valence electrons. The van der Waals surface area contributed by atoms with Crippen molar-refractivity contribution in [2.45, 2.75) is 18.2 Å². The minimum absolute atomic E-state index is 0.392. The number of fused-ring (bicyclic) bond motifs is 1. The van der Waals surface area contributed by atoms with Gasteiger partial charge in [-0.15, -0.1) is 11.6 Å². The second-order valence-electron chi connectivity index (χ2n) is 4.82. The number of aromatic nitrogens is 2. The Balaban J connectivity index is 2.11. The van der Waals surface area contributed by atoms with Gasteiger partial charge in [0, 0.05) is 17.7 Å². The first-order valence-corrected chi connectivity index (χ1v) is 6.25. The van der Waals surface area contributed by atoms with Crippen LogP contribution < -0.4 is 5.73 Å². The monoisotopic (exact) mass is 259 g/mol. The molecule has 0 bridgehead atoms. The van der Waals surface area contributed by atoms with E-state index in [4.69, 9.17) is 17.3 Å². The largest absolute Gasteiger partial charge is 0.398 e. The van der Waals surface area contributed by atoms with E-state index in [1.54, 1.807) is 0 Å². The van der Waals surface area contributed by atoms with Crippen molar-refractivity contribution >= 4 is 28.2 Å². The van der Waals surface area contributed by atoms with E-state index in [-0.39, 0.29) is 0 Å². The number of hydrogen-bond acceptors (Lipinski definition) is 2. The van der Waals surface area contributed by atoms with Crippen molar-refractivity contribution in [3.8, 4) is 0 Å². The Morgan fingerprint density at radius 2 is 2.17 bits per heavy atom. The molecule has 1 heterocycles. The molecule has 0 aliphatic heterocycles. The zero-order chi connectivity index (χ0) is 12.8. The van der Waals surface area contributed by atoms with Gasteiger partial charge < -0.3 is 10.7 Å². The fraction of sp³-hybridized carbons (Fsp3) is 0.214. The first kappa shape index (κ1) is 11.4. The molecule has 1 aromatic carbocycles. The van der Waals surface area contributed by atoms with Gasteiger partial charge in [-0.25, -0.2) is 4.98 Å². The summed E-state index contributed by atoms with van der Waals surface area (Å²) in [5, 5.41) is 0. The summed E-state index contributed by atoms with van der Waals surface area (Å²) in [5.41, 5.74) is 9.69. The van der Waals surface area contributed by atoms with Crippen LogP contribution in [0.1, 0.15) is 19.2 Å². The highest BCUT2D eigenvalue weighted by molar-refractivity contribution is 6.25. The van der Waals surface area contributed by atoms with Crippen LogP contribution in [0.25, 0.3) is 16.6 Å². The summed E-state index contributed by atoms with van der Waals surface area (Å²) in [6.07, 6.45) is 4.46. The number of nitrogens with one attached hydrogen (secondary N) is 1. The van der Waals surface area contributed by atoms with Crippen LogP contribution in [0.15, 0.2) is 42.1 Å². The summed E-state index contributed by atoms with van der Waals surface area (Å²) in [4.78, 5) is 7.47. The molecule has 18 heavy (non-hydrogen) atoms.